The molecular weight excluding hydrogens is 861 g/mol. The summed E-state index contributed by atoms with van der Waals surface area (Å²) >= 11 is 6.49. The highest BCUT2D eigenvalue weighted by atomic mass is 35.5. The normalized spacial score (nSPS) is 18.5. The van der Waals surface area contributed by atoms with E-state index < -0.39 is 19.1 Å². The minimum Gasteiger partial charge on any atom is -0.494 e. The molecule has 5 heterocycles. The van der Waals surface area contributed by atoms with Gasteiger partial charge in [-0.15, -0.1) is 0 Å². The molecule has 342 valence electrons. The number of imide groups is 1. The molecule has 3 N–H and O–H groups in total. The summed E-state index contributed by atoms with van der Waals surface area (Å²) in [5.41, 5.74) is 4.94. The lowest BCUT2D eigenvalue weighted by molar-refractivity contribution is -0.136. The number of nitrogens with one attached hydrogen (secondary N) is 3. The fourth-order valence-electron chi connectivity index (χ4n) is 9.35. The number of unbranched alkanes of at least 4 members (excludes halogenated alkanes) is 4. The maximum Gasteiger partial charge on any atom is 0.255 e. The number of amides is 3. The Hall–Kier alpha value is -5.45. The molecule has 3 saturated heterocycles. The monoisotopic (exact) mass is 919 g/mol. The average molecular weight is 920 g/mol. The van der Waals surface area contributed by atoms with Crippen LogP contribution in [0.4, 0.5) is 28.8 Å². The zero-order valence-corrected chi connectivity index (χ0v) is 39.2. The third kappa shape index (κ3) is 11.3. The number of aromatic nitrogens is 2. The van der Waals surface area contributed by atoms with Crippen molar-refractivity contribution in [3.63, 3.8) is 0 Å². The molecule has 3 amide bonds. The average Bonchev–Trinajstić information content (AvgIpc) is 3.63. The number of halogens is 1. The van der Waals surface area contributed by atoms with Crippen LogP contribution in [0.15, 0.2) is 66.9 Å². The molecule has 1 atom stereocenters. The Morgan fingerprint density at radius 1 is 0.892 bits per heavy atom. The predicted octanol–water partition coefficient (Wildman–Crippen LogP) is 7.22. The van der Waals surface area contributed by atoms with Gasteiger partial charge in [0.2, 0.25) is 17.8 Å². The molecule has 3 fully saturated rings. The smallest absolute Gasteiger partial charge is 0.255 e. The number of carbonyl (C=O) groups is 3. The number of hydrogen-bond donors (Lipinski definition) is 3. The van der Waals surface area contributed by atoms with Crippen molar-refractivity contribution >= 4 is 70.6 Å². The first-order valence-corrected chi connectivity index (χ1v) is 25.8. The van der Waals surface area contributed by atoms with Gasteiger partial charge in [-0.05, 0) is 100 Å². The molecule has 0 spiro atoms. The molecule has 3 aromatic carbocycles. The number of rotatable bonds is 15. The second-order valence-corrected chi connectivity index (χ2v) is 21.3. The second-order valence-electron chi connectivity index (χ2n) is 17.7. The van der Waals surface area contributed by atoms with Crippen LogP contribution >= 0.6 is 18.7 Å². The first-order chi connectivity index (χ1) is 31.4. The molecule has 8 rings (SSSR count). The number of ether oxygens (including phenoxy) is 1. The van der Waals surface area contributed by atoms with E-state index in [4.69, 9.17) is 16.3 Å². The second kappa shape index (κ2) is 20.8. The highest BCUT2D eigenvalue weighted by molar-refractivity contribution is 7.70. The fourth-order valence-corrected chi connectivity index (χ4v) is 10.6. The summed E-state index contributed by atoms with van der Waals surface area (Å²) in [4.78, 5) is 55.3. The molecule has 0 saturated carbocycles. The van der Waals surface area contributed by atoms with Crippen LogP contribution in [-0.4, -0.2) is 121 Å². The van der Waals surface area contributed by atoms with Crippen molar-refractivity contribution in [2.45, 2.75) is 76.4 Å². The third-order valence-electron chi connectivity index (χ3n) is 12.9. The molecule has 16 heteroatoms. The van der Waals surface area contributed by atoms with Crippen molar-refractivity contribution in [1.29, 1.82) is 0 Å². The topological polar surface area (TPSA) is 152 Å². The summed E-state index contributed by atoms with van der Waals surface area (Å²) in [5, 5.41) is 9.98. The molecule has 0 radical (unpaired) electrons. The summed E-state index contributed by atoms with van der Waals surface area (Å²) in [6.45, 7) is 11.5. The standard InChI is InChI=1S/C49H59ClN9O5P/c1-64-43-31-37(16-18-40(43)53-49-51-32-39(50)46(55-49)52-41-13-9-10-14-44(41)65(2,3)63)57-24-21-36(22-25-57)58-28-26-56(27-29-58)23-11-7-5-4-6-8-12-34-15-17-38-35(30-34)33-59(48(38)62)42-19-20-45(60)54-47(42)61/h9-10,13-18,30-32,36,42H,4-7,11,19-29,33H2,1-3H3,(H,54,60,61)(H2,51,52,53,55). The quantitative estimate of drug-likeness (QED) is 0.0478. The van der Waals surface area contributed by atoms with E-state index in [0.29, 0.717) is 52.8 Å². The SMILES string of the molecule is COc1cc(N2CCC(N3CCN(CCCCCCC#Cc4ccc5c(c4)CN(C4CCC(=O)NC4=O)C5=O)CC3)CC2)ccc1Nc1ncc(Cl)c(Nc2ccccc2P(C)(C)=O)n1. The summed E-state index contributed by atoms with van der Waals surface area (Å²) in [7, 11) is -0.874. The van der Waals surface area contributed by atoms with Gasteiger partial charge >= 0.3 is 0 Å². The number of piperidine rings is 2. The minimum atomic E-state index is -2.54. The van der Waals surface area contributed by atoms with Crippen molar-refractivity contribution in [1.82, 2.24) is 30.0 Å². The van der Waals surface area contributed by atoms with Crippen LogP contribution in [0.5, 0.6) is 5.75 Å². The van der Waals surface area contributed by atoms with Gasteiger partial charge in [-0.2, -0.15) is 4.98 Å². The van der Waals surface area contributed by atoms with E-state index in [1.165, 1.54) is 12.8 Å². The number of anilines is 5. The molecule has 1 aromatic heterocycles. The number of fused-ring (bicyclic) bond motifs is 1. The predicted molar refractivity (Wildman–Crippen MR) is 258 cm³/mol. The van der Waals surface area contributed by atoms with Crippen molar-refractivity contribution in [2.75, 3.05) is 81.8 Å². The minimum absolute atomic E-state index is 0.159. The Morgan fingerprint density at radius 2 is 1.68 bits per heavy atom. The van der Waals surface area contributed by atoms with Gasteiger partial charge in [0.25, 0.3) is 5.91 Å². The molecule has 0 aliphatic carbocycles. The lowest BCUT2D eigenvalue weighted by Crippen LogP contribution is -2.53. The number of para-hydroxylation sites is 1. The highest BCUT2D eigenvalue weighted by Crippen LogP contribution is 2.39. The lowest BCUT2D eigenvalue weighted by Gasteiger charge is -2.43. The first kappa shape index (κ1) is 46.1. The Morgan fingerprint density at radius 3 is 2.45 bits per heavy atom. The van der Waals surface area contributed by atoms with E-state index in [1.807, 2.05) is 48.5 Å². The highest BCUT2D eigenvalue weighted by Gasteiger charge is 2.39. The van der Waals surface area contributed by atoms with Gasteiger partial charge in [0, 0.05) is 92.9 Å². The van der Waals surface area contributed by atoms with E-state index in [9.17, 15) is 18.9 Å². The molecular formula is C49H59ClN9O5P. The first-order valence-electron chi connectivity index (χ1n) is 22.8. The molecule has 4 aliphatic heterocycles. The van der Waals surface area contributed by atoms with Crippen LogP contribution in [0.3, 0.4) is 0 Å². The molecule has 14 nitrogen and oxygen atoms in total. The van der Waals surface area contributed by atoms with Gasteiger partial charge in [0.15, 0.2) is 5.82 Å². The summed E-state index contributed by atoms with van der Waals surface area (Å²) in [6, 6.07) is 19.3. The Labute approximate surface area is 387 Å². The van der Waals surface area contributed by atoms with Crippen LogP contribution in [0.2, 0.25) is 5.02 Å². The fraction of sp³-hybridized carbons (Fsp3) is 0.449. The van der Waals surface area contributed by atoms with Gasteiger partial charge in [-0.25, -0.2) is 4.98 Å². The zero-order valence-electron chi connectivity index (χ0n) is 37.6. The van der Waals surface area contributed by atoms with Crippen LogP contribution in [0.25, 0.3) is 0 Å². The van der Waals surface area contributed by atoms with Gasteiger partial charge in [-0.1, -0.05) is 48.4 Å². The summed E-state index contributed by atoms with van der Waals surface area (Å²) < 4.78 is 18.7. The van der Waals surface area contributed by atoms with Crippen molar-refractivity contribution < 1.29 is 23.7 Å². The van der Waals surface area contributed by atoms with E-state index >= 15 is 0 Å². The van der Waals surface area contributed by atoms with E-state index in [-0.39, 0.29) is 18.2 Å². The van der Waals surface area contributed by atoms with Crippen LogP contribution in [0.1, 0.15) is 79.3 Å². The number of piperazine rings is 1. The Bertz CT molecular complexity index is 2510. The number of hydrogen-bond acceptors (Lipinski definition) is 12. The molecule has 1 unspecified atom stereocenters. The van der Waals surface area contributed by atoms with Crippen LogP contribution < -0.4 is 30.9 Å². The maximum absolute atomic E-state index is 13.0. The molecule has 4 aromatic rings. The summed E-state index contributed by atoms with van der Waals surface area (Å²) in [5.74, 6) is 7.21. The number of benzene rings is 3. The number of methoxy groups -OCH3 is 1. The third-order valence-corrected chi connectivity index (χ3v) is 14.8. The maximum atomic E-state index is 13.0. The van der Waals surface area contributed by atoms with Crippen molar-refractivity contribution in [2.24, 2.45) is 0 Å². The van der Waals surface area contributed by atoms with Crippen molar-refractivity contribution in [3.8, 4) is 17.6 Å². The molecule has 4 aliphatic rings. The largest absolute Gasteiger partial charge is 0.494 e. The van der Waals surface area contributed by atoms with Crippen molar-refractivity contribution in [3.05, 3.63) is 88.6 Å². The van der Waals surface area contributed by atoms with E-state index in [1.54, 1.807) is 31.5 Å². The Balaban J connectivity index is 0.723. The van der Waals surface area contributed by atoms with Gasteiger partial charge < -0.3 is 34.6 Å². The number of nitrogens with zero attached hydrogens (tertiary/aromatic N) is 6. The van der Waals surface area contributed by atoms with Gasteiger partial charge in [-0.3, -0.25) is 24.6 Å². The van der Waals surface area contributed by atoms with E-state index in [2.05, 4.69) is 64.6 Å². The number of carbonyl (C=O) groups excluding carboxylic acids is 3. The van der Waals surface area contributed by atoms with E-state index in [0.717, 1.165) is 106 Å². The van der Waals surface area contributed by atoms with Crippen LogP contribution in [0, 0.1) is 11.8 Å². The molecule has 0 bridgehead atoms. The van der Waals surface area contributed by atoms with Gasteiger partial charge in [0.05, 0.1) is 24.7 Å². The lowest BCUT2D eigenvalue weighted by atomic mass is 10.0. The zero-order chi connectivity index (χ0) is 45.5. The van der Waals surface area contributed by atoms with Crippen LogP contribution in [-0.2, 0) is 20.7 Å². The Kier molecular flexibility index (Phi) is 14.8. The van der Waals surface area contributed by atoms with Gasteiger partial charge in [0.1, 0.15) is 24.0 Å². The summed E-state index contributed by atoms with van der Waals surface area (Å²) in [6.07, 6.45) is 9.88. The molecule has 65 heavy (non-hydrogen) atoms.